The van der Waals surface area contributed by atoms with Gasteiger partial charge in [-0.15, -0.1) is 0 Å². The summed E-state index contributed by atoms with van der Waals surface area (Å²) in [4.78, 5) is 26.8. The standard InChI is InChI=1S/C25H24F3N3O2/c26-25(27,28)21-11-10-20(23(32)30-21)24(33)31-22(18-4-2-1-3-5-18)19-8-6-16(7-9-19)17-12-14-29-15-13-17/h1-11,17,22,29H,12-15H2,(H,30,32)(H,31,33). The van der Waals surface area contributed by atoms with Crippen LogP contribution in [0, 0.1) is 0 Å². The maximum atomic E-state index is 12.9. The maximum absolute atomic E-state index is 12.9. The minimum absolute atomic E-state index is 0.379. The molecule has 1 aliphatic rings. The van der Waals surface area contributed by atoms with Gasteiger partial charge < -0.3 is 15.6 Å². The monoisotopic (exact) mass is 455 g/mol. The van der Waals surface area contributed by atoms with E-state index in [1.807, 2.05) is 42.5 Å². The molecule has 1 unspecified atom stereocenters. The van der Waals surface area contributed by atoms with Crippen molar-refractivity contribution >= 4 is 5.91 Å². The predicted octanol–water partition coefficient (Wildman–Crippen LogP) is 4.38. The number of pyridine rings is 1. The van der Waals surface area contributed by atoms with Crippen molar-refractivity contribution in [3.05, 3.63) is 105 Å². The number of amides is 1. The van der Waals surface area contributed by atoms with Crippen LogP contribution < -0.4 is 16.2 Å². The van der Waals surface area contributed by atoms with E-state index in [2.05, 4.69) is 22.8 Å². The fourth-order valence-electron chi connectivity index (χ4n) is 4.15. The van der Waals surface area contributed by atoms with E-state index in [1.165, 1.54) is 5.56 Å². The van der Waals surface area contributed by atoms with Gasteiger partial charge in [-0.25, -0.2) is 0 Å². The minimum Gasteiger partial charge on any atom is -0.341 e. The number of alkyl halides is 3. The molecule has 0 spiro atoms. The summed E-state index contributed by atoms with van der Waals surface area (Å²) in [6.07, 6.45) is -2.57. The molecule has 0 aliphatic carbocycles. The van der Waals surface area contributed by atoms with Gasteiger partial charge in [0, 0.05) is 0 Å². The van der Waals surface area contributed by atoms with Crippen LogP contribution in [0.5, 0.6) is 0 Å². The molecule has 0 saturated carbocycles. The number of carbonyl (C=O) groups is 1. The Morgan fingerprint density at radius 3 is 2.15 bits per heavy atom. The van der Waals surface area contributed by atoms with Crippen LogP contribution in [0.4, 0.5) is 13.2 Å². The van der Waals surface area contributed by atoms with Gasteiger partial charge in [0.25, 0.3) is 11.5 Å². The van der Waals surface area contributed by atoms with E-state index in [-0.39, 0.29) is 5.56 Å². The SMILES string of the molecule is O=C(NC(c1ccccc1)c1ccc(C2CCNCC2)cc1)c1ccc(C(F)(F)F)[nH]c1=O. The number of nitrogens with one attached hydrogen (secondary N) is 3. The second-order valence-electron chi connectivity index (χ2n) is 8.12. The van der Waals surface area contributed by atoms with Crippen LogP contribution in [0.2, 0.25) is 0 Å². The third kappa shape index (κ3) is 5.34. The molecule has 1 saturated heterocycles. The van der Waals surface area contributed by atoms with Crippen molar-refractivity contribution in [2.75, 3.05) is 13.1 Å². The summed E-state index contributed by atoms with van der Waals surface area (Å²) >= 11 is 0. The highest BCUT2D eigenvalue weighted by molar-refractivity contribution is 5.94. The first-order valence-corrected chi connectivity index (χ1v) is 10.8. The number of H-pyrrole nitrogens is 1. The highest BCUT2D eigenvalue weighted by Gasteiger charge is 2.32. The second-order valence-corrected chi connectivity index (χ2v) is 8.12. The Labute approximate surface area is 189 Å². The summed E-state index contributed by atoms with van der Waals surface area (Å²) in [6, 6.07) is 18.3. The largest absolute Gasteiger partial charge is 0.431 e. The Hall–Kier alpha value is -3.39. The second kappa shape index (κ2) is 9.62. The Kier molecular flexibility index (Phi) is 6.65. The first kappa shape index (κ1) is 22.8. The Morgan fingerprint density at radius 2 is 1.55 bits per heavy atom. The lowest BCUT2D eigenvalue weighted by molar-refractivity contribution is -0.141. The molecule has 2 heterocycles. The number of hydrogen-bond donors (Lipinski definition) is 3. The fourth-order valence-corrected chi connectivity index (χ4v) is 4.15. The molecule has 8 heteroatoms. The van der Waals surface area contributed by atoms with Crippen molar-refractivity contribution in [1.82, 2.24) is 15.6 Å². The molecule has 4 rings (SSSR count). The van der Waals surface area contributed by atoms with Gasteiger partial charge in [0.05, 0.1) is 6.04 Å². The van der Waals surface area contributed by atoms with E-state index in [4.69, 9.17) is 0 Å². The van der Waals surface area contributed by atoms with E-state index in [1.54, 1.807) is 4.98 Å². The molecule has 172 valence electrons. The minimum atomic E-state index is -4.70. The molecule has 0 radical (unpaired) electrons. The van der Waals surface area contributed by atoms with E-state index in [0.29, 0.717) is 12.0 Å². The van der Waals surface area contributed by atoms with Gasteiger partial charge in [0.15, 0.2) is 0 Å². The summed E-state index contributed by atoms with van der Waals surface area (Å²) in [7, 11) is 0. The van der Waals surface area contributed by atoms with E-state index in [0.717, 1.165) is 43.1 Å². The number of halogens is 3. The Morgan fingerprint density at radius 1 is 0.909 bits per heavy atom. The van der Waals surface area contributed by atoms with Gasteiger partial charge in [0.1, 0.15) is 11.3 Å². The molecular formula is C25H24F3N3O2. The molecule has 1 atom stereocenters. The summed E-state index contributed by atoms with van der Waals surface area (Å²) < 4.78 is 38.5. The topological polar surface area (TPSA) is 74.0 Å². The average molecular weight is 455 g/mol. The van der Waals surface area contributed by atoms with Crippen LogP contribution >= 0.6 is 0 Å². The Bertz CT molecular complexity index is 1150. The zero-order chi connectivity index (χ0) is 23.4. The van der Waals surface area contributed by atoms with Gasteiger partial charge >= 0.3 is 6.18 Å². The predicted molar refractivity (Wildman–Crippen MR) is 119 cm³/mol. The number of piperidine rings is 1. The fraction of sp³-hybridized carbons (Fsp3) is 0.280. The van der Waals surface area contributed by atoms with Crippen molar-refractivity contribution < 1.29 is 18.0 Å². The molecule has 1 fully saturated rings. The summed E-state index contributed by atoms with van der Waals surface area (Å²) in [5.74, 6) is -0.267. The van der Waals surface area contributed by atoms with Crippen molar-refractivity contribution in [3.8, 4) is 0 Å². The molecule has 0 bridgehead atoms. The van der Waals surface area contributed by atoms with Gasteiger partial charge in [0.2, 0.25) is 0 Å². The highest BCUT2D eigenvalue weighted by Crippen LogP contribution is 2.29. The molecule has 3 N–H and O–H groups in total. The molecule has 1 aliphatic heterocycles. The zero-order valence-electron chi connectivity index (χ0n) is 17.8. The summed E-state index contributed by atoms with van der Waals surface area (Å²) in [5, 5.41) is 6.16. The van der Waals surface area contributed by atoms with Crippen LogP contribution in [0.1, 0.15) is 57.5 Å². The normalized spacial score (nSPS) is 15.7. The van der Waals surface area contributed by atoms with Crippen molar-refractivity contribution in [3.63, 3.8) is 0 Å². The third-order valence-corrected chi connectivity index (χ3v) is 5.95. The molecule has 33 heavy (non-hydrogen) atoms. The highest BCUT2D eigenvalue weighted by atomic mass is 19.4. The molecule has 1 amide bonds. The number of carbonyl (C=O) groups excluding carboxylic acids is 1. The van der Waals surface area contributed by atoms with Crippen LogP contribution in [-0.4, -0.2) is 24.0 Å². The first-order valence-electron chi connectivity index (χ1n) is 10.8. The number of aromatic nitrogens is 1. The van der Waals surface area contributed by atoms with E-state index in [9.17, 15) is 22.8 Å². The molecule has 2 aromatic carbocycles. The van der Waals surface area contributed by atoms with E-state index < -0.39 is 29.4 Å². The van der Waals surface area contributed by atoms with Crippen LogP contribution in [0.15, 0.2) is 71.5 Å². The van der Waals surface area contributed by atoms with Gasteiger partial charge in [-0.3, -0.25) is 9.59 Å². The van der Waals surface area contributed by atoms with Crippen molar-refractivity contribution in [1.29, 1.82) is 0 Å². The lowest BCUT2D eigenvalue weighted by Gasteiger charge is -2.24. The smallest absolute Gasteiger partial charge is 0.341 e. The molecular weight excluding hydrogens is 431 g/mol. The number of hydrogen-bond acceptors (Lipinski definition) is 3. The molecule has 3 aromatic rings. The first-order chi connectivity index (χ1) is 15.8. The maximum Gasteiger partial charge on any atom is 0.431 e. The van der Waals surface area contributed by atoms with Gasteiger partial charge in [-0.05, 0) is 60.7 Å². The number of aromatic amines is 1. The number of rotatable bonds is 5. The zero-order valence-corrected chi connectivity index (χ0v) is 17.8. The Balaban J connectivity index is 1.61. The lowest BCUT2D eigenvalue weighted by Crippen LogP contribution is -2.34. The van der Waals surface area contributed by atoms with Crippen LogP contribution in [0.25, 0.3) is 0 Å². The van der Waals surface area contributed by atoms with Crippen LogP contribution in [-0.2, 0) is 6.18 Å². The average Bonchev–Trinajstić information content (AvgIpc) is 2.83. The van der Waals surface area contributed by atoms with Crippen molar-refractivity contribution in [2.45, 2.75) is 31.0 Å². The third-order valence-electron chi connectivity index (χ3n) is 5.95. The summed E-state index contributed by atoms with van der Waals surface area (Å²) in [5.41, 5.74) is 0.180. The van der Waals surface area contributed by atoms with E-state index >= 15 is 0 Å². The van der Waals surface area contributed by atoms with Gasteiger partial charge in [-0.1, -0.05) is 54.6 Å². The lowest BCUT2D eigenvalue weighted by atomic mass is 9.88. The summed E-state index contributed by atoms with van der Waals surface area (Å²) in [6.45, 7) is 1.97. The van der Waals surface area contributed by atoms with Crippen LogP contribution in [0.3, 0.4) is 0 Å². The quantitative estimate of drug-likeness (QED) is 0.535. The molecule has 1 aromatic heterocycles. The number of benzene rings is 2. The van der Waals surface area contributed by atoms with Crippen molar-refractivity contribution in [2.24, 2.45) is 0 Å². The molecule has 5 nitrogen and oxygen atoms in total. The van der Waals surface area contributed by atoms with Gasteiger partial charge in [-0.2, -0.15) is 13.2 Å².